The molecule has 1 rings (SSSR count). The molecule has 1 aromatic rings. The molecule has 0 aliphatic carbocycles. The van der Waals surface area contributed by atoms with E-state index >= 15 is 0 Å². The van der Waals surface area contributed by atoms with E-state index < -0.39 is 5.54 Å². The predicted molar refractivity (Wildman–Crippen MR) is 69.2 cm³/mol. The van der Waals surface area contributed by atoms with Crippen LogP contribution in [0.3, 0.4) is 0 Å². The van der Waals surface area contributed by atoms with E-state index in [-0.39, 0.29) is 12.5 Å². The maximum absolute atomic E-state index is 11.5. The molecule has 0 radical (unpaired) electrons. The van der Waals surface area contributed by atoms with E-state index in [1.165, 1.54) is 0 Å². The monoisotopic (exact) mass is 256 g/mol. The molecule has 0 saturated carbocycles. The van der Waals surface area contributed by atoms with Gasteiger partial charge in [-0.15, -0.1) is 0 Å². The summed E-state index contributed by atoms with van der Waals surface area (Å²) >= 11 is 5.79. The number of carbonyl (C=O) groups excluding carboxylic acids is 1. The standard InChI is InChI=1S/C12H17ClN2O2/c1-12(2,14)8-17-7-11(16)15-10-5-3-4-9(13)6-10/h3-6H,7-8,14H2,1-2H3,(H,15,16). The van der Waals surface area contributed by atoms with Crippen molar-refractivity contribution in [1.82, 2.24) is 0 Å². The zero-order valence-corrected chi connectivity index (χ0v) is 10.8. The Hall–Kier alpha value is -1.10. The van der Waals surface area contributed by atoms with E-state index in [1.54, 1.807) is 24.3 Å². The Balaban J connectivity index is 2.35. The minimum atomic E-state index is -0.434. The molecule has 0 saturated heterocycles. The Morgan fingerprint density at radius 2 is 2.24 bits per heavy atom. The van der Waals surface area contributed by atoms with Crippen molar-refractivity contribution in [3.05, 3.63) is 29.3 Å². The van der Waals surface area contributed by atoms with E-state index in [0.717, 1.165) is 0 Å². The Labute approximate surface area is 106 Å². The van der Waals surface area contributed by atoms with Gasteiger partial charge in [0.2, 0.25) is 5.91 Å². The first-order chi connectivity index (χ1) is 7.87. The molecule has 3 N–H and O–H groups in total. The number of halogens is 1. The van der Waals surface area contributed by atoms with Crippen molar-refractivity contribution in [2.75, 3.05) is 18.5 Å². The van der Waals surface area contributed by atoms with Crippen LogP contribution in [0.1, 0.15) is 13.8 Å². The van der Waals surface area contributed by atoms with Crippen LogP contribution in [0.2, 0.25) is 5.02 Å². The van der Waals surface area contributed by atoms with Gasteiger partial charge in [0.1, 0.15) is 6.61 Å². The highest BCUT2D eigenvalue weighted by molar-refractivity contribution is 6.30. The molecule has 0 aliphatic heterocycles. The lowest BCUT2D eigenvalue weighted by Gasteiger charge is -2.17. The summed E-state index contributed by atoms with van der Waals surface area (Å²) in [7, 11) is 0. The van der Waals surface area contributed by atoms with Gasteiger partial charge in [-0.2, -0.15) is 0 Å². The fraction of sp³-hybridized carbons (Fsp3) is 0.417. The molecular weight excluding hydrogens is 240 g/mol. The number of carbonyl (C=O) groups is 1. The van der Waals surface area contributed by atoms with E-state index in [2.05, 4.69) is 5.32 Å². The summed E-state index contributed by atoms with van der Waals surface area (Å²) in [4.78, 5) is 11.5. The third kappa shape index (κ3) is 6.26. The molecule has 0 atom stereocenters. The highest BCUT2D eigenvalue weighted by Gasteiger charge is 2.11. The van der Waals surface area contributed by atoms with Crippen molar-refractivity contribution >= 4 is 23.2 Å². The summed E-state index contributed by atoms with van der Waals surface area (Å²) in [6.07, 6.45) is 0. The van der Waals surface area contributed by atoms with Gasteiger partial charge in [0.25, 0.3) is 0 Å². The molecule has 1 amide bonds. The number of rotatable bonds is 5. The molecule has 0 aromatic heterocycles. The van der Waals surface area contributed by atoms with Crippen LogP contribution < -0.4 is 11.1 Å². The number of anilines is 1. The number of hydrogen-bond acceptors (Lipinski definition) is 3. The van der Waals surface area contributed by atoms with Crippen molar-refractivity contribution in [2.24, 2.45) is 5.73 Å². The van der Waals surface area contributed by atoms with E-state index in [4.69, 9.17) is 22.1 Å². The quantitative estimate of drug-likeness (QED) is 0.847. The molecule has 1 aromatic carbocycles. The van der Waals surface area contributed by atoms with Crippen LogP contribution in [0.4, 0.5) is 5.69 Å². The van der Waals surface area contributed by atoms with Gasteiger partial charge in [-0.3, -0.25) is 4.79 Å². The fourth-order valence-corrected chi connectivity index (χ4v) is 1.36. The second-order valence-corrected chi connectivity index (χ2v) is 4.98. The minimum absolute atomic E-state index is 0.0207. The molecule has 0 aliphatic rings. The van der Waals surface area contributed by atoms with Gasteiger partial charge < -0.3 is 15.8 Å². The van der Waals surface area contributed by atoms with Crippen LogP contribution in [0.25, 0.3) is 0 Å². The number of nitrogens with one attached hydrogen (secondary N) is 1. The second-order valence-electron chi connectivity index (χ2n) is 4.54. The van der Waals surface area contributed by atoms with Crippen molar-refractivity contribution < 1.29 is 9.53 Å². The maximum atomic E-state index is 11.5. The summed E-state index contributed by atoms with van der Waals surface area (Å²) in [6.45, 7) is 3.98. The summed E-state index contributed by atoms with van der Waals surface area (Å²) in [5, 5.41) is 3.26. The normalized spacial score (nSPS) is 11.3. The zero-order chi connectivity index (χ0) is 12.9. The zero-order valence-electron chi connectivity index (χ0n) is 10.00. The van der Waals surface area contributed by atoms with Crippen molar-refractivity contribution in [3.8, 4) is 0 Å². The Kier molecular flexibility index (Phi) is 4.93. The first-order valence-corrected chi connectivity index (χ1v) is 5.67. The second kappa shape index (κ2) is 6.00. The molecule has 17 heavy (non-hydrogen) atoms. The van der Waals surface area contributed by atoms with Gasteiger partial charge in [-0.05, 0) is 32.0 Å². The molecule has 5 heteroatoms. The number of nitrogens with two attached hydrogens (primary N) is 1. The van der Waals surface area contributed by atoms with Gasteiger partial charge in [0, 0.05) is 16.2 Å². The Bertz CT molecular complexity index is 388. The lowest BCUT2D eigenvalue weighted by atomic mass is 10.1. The van der Waals surface area contributed by atoms with Gasteiger partial charge >= 0.3 is 0 Å². The van der Waals surface area contributed by atoms with Gasteiger partial charge in [0.15, 0.2) is 0 Å². The molecule has 0 fully saturated rings. The largest absolute Gasteiger partial charge is 0.370 e. The lowest BCUT2D eigenvalue weighted by molar-refractivity contribution is -0.121. The van der Waals surface area contributed by atoms with E-state index in [1.807, 2.05) is 13.8 Å². The average molecular weight is 257 g/mol. The average Bonchev–Trinajstić information content (AvgIpc) is 2.15. The number of amides is 1. The number of hydrogen-bond donors (Lipinski definition) is 2. The number of ether oxygens (including phenoxy) is 1. The van der Waals surface area contributed by atoms with Crippen molar-refractivity contribution in [2.45, 2.75) is 19.4 Å². The third-order valence-electron chi connectivity index (χ3n) is 1.82. The summed E-state index contributed by atoms with van der Waals surface area (Å²) in [5.41, 5.74) is 5.94. The molecular formula is C12H17ClN2O2. The molecule has 0 spiro atoms. The molecule has 94 valence electrons. The number of benzene rings is 1. The first-order valence-electron chi connectivity index (χ1n) is 5.29. The van der Waals surface area contributed by atoms with Crippen LogP contribution in [0.5, 0.6) is 0 Å². The van der Waals surface area contributed by atoms with E-state index in [9.17, 15) is 4.79 Å². The third-order valence-corrected chi connectivity index (χ3v) is 2.05. The highest BCUT2D eigenvalue weighted by Crippen LogP contribution is 2.14. The van der Waals surface area contributed by atoms with Crippen LogP contribution in [-0.2, 0) is 9.53 Å². The van der Waals surface area contributed by atoms with Crippen LogP contribution in [0.15, 0.2) is 24.3 Å². The van der Waals surface area contributed by atoms with Crippen LogP contribution in [-0.4, -0.2) is 24.7 Å². The van der Waals surface area contributed by atoms with Crippen LogP contribution >= 0.6 is 11.6 Å². The SMILES string of the molecule is CC(C)(N)COCC(=O)Nc1cccc(Cl)c1. The molecule has 0 unspecified atom stereocenters. The predicted octanol–water partition coefficient (Wildman–Crippen LogP) is 2.03. The van der Waals surface area contributed by atoms with Gasteiger partial charge in [-0.1, -0.05) is 17.7 Å². The highest BCUT2D eigenvalue weighted by atomic mass is 35.5. The molecule has 0 bridgehead atoms. The summed E-state index contributed by atoms with van der Waals surface area (Å²) < 4.78 is 5.19. The summed E-state index contributed by atoms with van der Waals surface area (Å²) in [5.74, 6) is -0.225. The fourth-order valence-electron chi connectivity index (χ4n) is 1.17. The van der Waals surface area contributed by atoms with Crippen LogP contribution in [0, 0.1) is 0 Å². The maximum Gasteiger partial charge on any atom is 0.250 e. The summed E-state index contributed by atoms with van der Waals surface area (Å²) in [6, 6.07) is 6.94. The first kappa shape index (κ1) is 14.0. The van der Waals surface area contributed by atoms with Gasteiger partial charge in [-0.25, -0.2) is 0 Å². The van der Waals surface area contributed by atoms with Gasteiger partial charge in [0.05, 0.1) is 6.61 Å². The minimum Gasteiger partial charge on any atom is -0.370 e. The smallest absolute Gasteiger partial charge is 0.250 e. The van der Waals surface area contributed by atoms with Crippen molar-refractivity contribution in [3.63, 3.8) is 0 Å². The molecule has 0 heterocycles. The molecule has 4 nitrogen and oxygen atoms in total. The Morgan fingerprint density at radius 1 is 1.53 bits per heavy atom. The Morgan fingerprint density at radius 3 is 2.82 bits per heavy atom. The van der Waals surface area contributed by atoms with E-state index in [0.29, 0.717) is 17.3 Å². The van der Waals surface area contributed by atoms with Crippen molar-refractivity contribution in [1.29, 1.82) is 0 Å². The topological polar surface area (TPSA) is 64.3 Å². The lowest BCUT2D eigenvalue weighted by Crippen LogP contribution is -2.38.